The summed E-state index contributed by atoms with van der Waals surface area (Å²) in [6, 6.07) is 23.7. The molecule has 5 rings (SSSR count). The molecule has 1 aliphatic heterocycles. The number of carbonyl (C=O) groups excluding carboxylic acids is 2. The maximum atomic E-state index is 13.6. The molecule has 0 aliphatic carbocycles. The van der Waals surface area contributed by atoms with Crippen LogP contribution in [0.15, 0.2) is 84.2 Å². The number of carbonyl (C=O) groups is 2. The number of aliphatic hydroxyl groups is 1. The molecule has 0 spiro atoms. The normalized spacial score (nSPS) is 16.1. The third kappa shape index (κ3) is 7.87. The van der Waals surface area contributed by atoms with Crippen LogP contribution in [0.3, 0.4) is 0 Å². The molecule has 1 aliphatic rings. The largest absolute Gasteiger partial charge is 0.497 e. The van der Waals surface area contributed by atoms with Crippen LogP contribution in [0.4, 0.5) is 0 Å². The summed E-state index contributed by atoms with van der Waals surface area (Å²) in [6.07, 6.45) is 1.39. The van der Waals surface area contributed by atoms with E-state index in [4.69, 9.17) is 4.74 Å². The van der Waals surface area contributed by atoms with Crippen molar-refractivity contribution < 1.29 is 19.4 Å². The predicted molar refractivity (Wildman–Crippen MR) is 168 cm³/mol. The van der Waals surface area contributed by atoms with E-state index in [-0.39, 0.29) is 24.4 Å². The van der Waals surface area contributed by atoms with E-state index >= 15 is 0 Å². The van der Waals surface area contributed by atoms with Gasteiger partial charge in [0, 0.05) is 41.8 Å². The quantitative estimate of drug-likeness (QED) is 0.214. The van der Waals surface area contributed by atoms with E-state index in [1.54, 1.807) is 42.7 Å². The SMILES string of the molecule is COc1cccc(CNCC(O)C(Cc2ccccc2)NC(=O)c2cccc(C(=O)N3CCCC3c3nc(C)cs3)c2)c1. The van der Waals surface area contributed by atoms with Crippen LogP contribution in [-0.2, 0) is 13.0 Å². The second kappa shape index (κ2) is 14.4. The van der Waals surface area contributed by atoms with Gasteiger partial charge in [-0.25, -0.2) is 4.98 Å². The van der Waals surface area contributed by atoms with Crippen molar-refractivity contribution in [2.45, 2.75) is 50.9 Å². The van der Waals surface area contributed by atoms with E-state index < -0.39 is 12.1 Å². The number of nitrogens with zero attached hydrogens (tertiary/aromatic N) is 2. The zero-order valence-electron chi connectivity index (χ0n) is 24.5. The van der Waals surface area contributed by atoms with E-state index in [1.807, 2.05) is 71.8 Å². The molecule has 224 valence electrons. The van der Waals surface area contributed by atoms with Crippen molar-refractivity contribution in [3.05, 3.63) is 117 Å². The third-order valence-electron chi connectivity index (χ3n) is 7.70. The Hall–Kier alpha value is -4.05. The van der Waals surface area contributed by atoms with Crippen molar-refractivity contribution in [2.75, 3.05) is 20.2 Å². The van der Waals surface area contributed by atoms with Gasteiger partial charge in [-0.15, -0.1) is 11.3 Å². The van der Waals surface area contributed by atoms with Crippen molar-refractivity contribution in [3.8, 4) is 5.75 Å². The van der Waals surface area contributed by atoms with Crippen LogP contribution in [0.2, 0.25) is 0 Å². The lowest BCUT2D eigenvalue weighted by Crippen LogP contribution is -2.48. The van der Waals surface area contributed by atoms with Gasteiger partial charge in [-0.3, -0.25) is 9.59 Å². The Bertz CT molecular complexity index is 1530. The number of methoxy groups -OCH3 is 1. The van der Waals surface area contributed by atoms with Gasteiger partial charge in [0.05, 0.1) is 25.3 Å². The summed E-state index contributed by atoms with van der Waals surface area (Å²) >= 11 is 1.58. The zero-order chi connectivity index (χ0) is 30.2. The monoisotopic (exact) mass is 598 g/mol. The summed E-state index contributed by atoms with van der Waals surface area (Å²) in [5, 5.41) is 20.5. The Balaban J connectivity index is 1.27. The van der Waals surface area contributed by atoms with Crippen molar-refractivity contribution in [1.29, 1.82) is 0 Å². The first-order valence-corrected chi connectivity index (χ1v) is 15.5. The molecule has 3 atom stereocenters. The number of hydrogen-bond acceptors (Lipinski definition) is 7. The van der Waals surface area contributed by atoms with E-state index in [0.29, 0.717) is 30.6 Å². The molecule has 1 fully saturated rings. The van der Waals surface area contributed by atoms with Crippen LogP contribution < -0.4 is 15.4 Å². The Morgan fingerprint density at radius 3 is 2.58 bits per heavy atom. The smallest absolute Gasteiger partial charge is 0.254 e. The lowest BCUT2D eigenvalue weighted by atomic mass is 10.00. The number of likely N-dealkylation sites (tertiary alicyclic amines) is 1. The van der Waals surface area contributed by atoms with Crippen molar-refractivity contribution in [1.82, 2.24) is 20.5 Å². The first-order valence-electron chi connectivity index (χ1n) is 14.6. The molecule has 0 bridgehead atoms. The summed E-state index contributed by atoms with van der Waals surface area (Å²) in [6.45, 7) is 3.44. The van der Waals surface area contributed by atoms with Crippen LogP contribution in [-0.4, -0.2) is 59.1 Å². The van der Waals surface area contributed by atoms with E-state index in [0.717, 1.165) is 40.4 Å². The van der Waals surface area contributed by atoms with E-state index in [1.165, 1.54) is 0 Å². The molecule has 2 amide bonds. The number of rotatable bonds is 12. The highest BCUT2D eigenvalue weighted by Gasteiger charge is 2.33. The highest BCUT2D eigenvalue weighted by Crippen LogP contribution is 2.34. The molecular weight excluding hydrogens is 560 g/mol. The maximum Gasteiger partial charge on any atom is 0.254 e. The van der Waals surface area contributed by atoms with Crippen LogP contribution in [0.1, 0.15) is 61.4 Å². The van der Waals surface area contributed by atoms with Gasteiger partial charge in [0.1, 0.15) is 10.8 Å². The summed E-state index contributed by atoms with van der Waals surface area (Å²) in [5.41, 5.74) is 3.83. The zero-order valence-corrected chi connectivity index (χ0v) is 25.3. The van der Waals surface area contributed by atoms with Crippen LogP contribution >= 0.6 is 11.3 Å². The van der Waals surface area contributed by atoms with Crippen molar-refractivity contribution in [2.24, 2.45) is 0 Å². The number of aliphatic hydroxyl groups excluding tert-OH is 1. The third-order valence-corrected chi connectivity index (χ3v) is 8.77. The molecule has 43 heavy (non-hydrogen) atoms. The minimum atomic E-state index is -0.855. The number of amides is 2. The molecular formula is C34H38N4O4S. The molecule has 8 nitrogen and oxygen atoms in total. The minimum absolute atomic E-state index is 0.0430. The fourth-order valence-corrected chi connectivity index (χ4v) is 6.39. The maximum absolute atomic E-state index is 13.6. The number of aromatic nitrogens is 1. The number of thiazole rings is 1. The van der Waals surface area contributed by atoms with Gasteiger partial charge in [0.15, 0.2) is 0 Å². The second-order valence-corrected chi connectivity index (χ2v) is 11.8. The Kier molecular flexibility index (Phi) is 10.2. The molecule has 1 aromatic heterocycles. The fraction of sp³-hybridized carbons (Fsp3) is 0.324. The topological polar surface area (TPSA) is 104 Å². The Morgan fingerprint density at radius 1 is 1.05 bits per heavy atom. The van der Waals surface area contributed by atoms with Gasteiger partial charge in [0.25, 0.3) is 11.8 Å². The molecule has 0 saturated carbocycles. The van der Waals surface area contributed by atoms with Crippen LogP contribution in [0.5, 0.6) is 5.75 Å². The fourth-order valence-electron chi connectivity index (χ4n) is 5.44. The molecule has 0 radical (unpaired) electrons. The van der Waals surface area contributed by atoms with Gasteiger partial charge < -0.3 is 25.4 Å². The van der Waals surface area contributed by atoms with Gasteiger partial charge in [-0.2, -0.15) is 0 Å². The first kappa shape index (κ1) is 30.4. The average molecular weight is 599 g/mol. The lowest BCUT2D eigenvalue weighted by Gasteiger charge is -2.25. The van der Waals surface area contributed by atoms with Gasteiger partial charge in [-0.05, 0) is 67.6 Å². The van der Waals surface area contributed by atoms with Gasteiger partial charge >= 0.3 is 0 Å². The molecule has 4 aromatic rings. The van der Waals surface area contributed by atoms with Gasteiger partial charge in [0.2, 0.25) is 0 Å². The van der Waals surface area contributed by atoms with Crippen molar-refractivity contribution >= 4 is 23.2 Å². The Labute approximate surface area is 256 Å². The molecule has 3 aromatic carbocycles. The second-order valence-electron chi connectivity index (χ2n) is 10.9. The summed E-state index contributed by atoms with van der Waals surface area (Å²) in [5.74, 6) is 0.330. The molecule has 1 saturated heterocycles. The highest BCUT2D eigenvalue weighted by molar-refractivity contribution is 7.09. The molecule has 3 N–H and O–H groups in total. The number of benzene rings is 3. The Morgan fingerprint density at radius 2 is 1.81 bits per heavy atom. The summed E-state index contributed by atoms with van der Waals surface area (Å²) < 4.78 is 5.30. The van der Waals surface area contributed by atoms with E-state index in [9.17, 15) is 14.7 Å². The van der Waals surface area contributed by atoms with Gasteiger partial charge in [-0.1, -0.05) is 48.5 Å². The highest BCUT2D eigenvalue weighted by atomic mass is 32.1. The standard InChI is InChI=1S/C34H38N4O4S/c1-23-22-43-33(36-23)30-15-8-16-38(30)34(41)27-13-7-12-26(19-27)32(40)37-29(18-24-9-4-3-5-10-24)31(39)21-35-20-25-11-6-14-28(17-25)42-2/h3-7,9-14,17,19,22,29-31,35,39H,8,15-16,18,20-21H2,1-2H3,(H,37,40). The summed E-state index contributed by atoms with van der Waals surface area (Å²) in [7, 11) is 1.63. The molecule has 2 heterocycles. The average Bonchev–Trinajstić information content (AvgIpc) is 3.70. The molecule has 9 heteroatoms. The number of hydrogen-bond donors (Lipinski definition) is 3. The van der Waals surface area contributed by atoms with Crippen LogP contribution in [0, 0.1) is 6.92 Å². The number of nitrogens with one attached hydrogen (secondary N) is 2. The predicted octanol–water partition coefficient (Wildman–Crippen LogP) is 4.93. The van der Waals surface area contributed by atoms with Crippen molar-refractivity contribution in [3.63, 3.8) is 0 Å². The first-order chi connectivity index (χ1) is 20.9. The van der Waals surface area contributed by atoms with E-state index in [2.05, 4.69) is 15.6 Å². The lowest BCUT2D eigenvalue weighted by molar-refractivity contribution is 0.0735. The van der Waals surface area contributed by atoms with Crippen LogP contribution in [0.25, 0.3) is 0 Å². The minimum Gasteiger partial charge on any atom is -0.497 e. The number of aryl methyl sites for hydroxylation is 1. The molecule has 3 unspecified atom stereocenters. The number of ether oxygens (including phenoxy) is 1. The summed E-state index contributed by atoms with van der Waals surface area (Å²) in [4.78, 5) is 33.6.